The summed E-state index contributed by atoms with van der Waals surface area (Å²) in [7, 11) is -3.03. The number of carbonyl (C=O) groups is 1. The van der Waals surface area contributed by atoms with Crippen LogP contribution in [0.3, 0.4) is 0 Å². The van der Waals surface area contributed by atoms with Gasteiger partial charge in [-0.2, -0.15) is 0 Å². The van der Waals surface area contributed by atoms with Crippen LogP contribution in [0.1, 0.15) is 28.0 Å². The molecule has 1 amide bonds. The Hall–Kier alpha value is -2.28. The molecule has 1 N–H and O–H groups in total. The molecule has 126 valence electrons. The highest BCUT2D eigenvalue weighted by Gasteiger charge is 2.29. The molecule has 1 fully saturated rings. The van der Waals surface area contributed by atoms with Crippen molar-refractivity contribution in [3.63, 3.8) is 0 Å². The first kappa shape index (κ1) is 16.6. The third-order valence-electron chi connectivity index (χ3n) is 3.93. The largest absolute Gasteiger partial charge is 0.348 e. The highest BCUT2D eigenvalue weighted by molar-refractivity contribution is 7.91. The first-order valence-corrected chi connectivity index (χ1v) is 9.44. The molecule has 0 radical (unpaired) electrons. The van der Waals surface area contributed by atoms with Gasteiger partial charge in [0.05, 0.1) is 17.1 Å². The fourth-order valence-electron chi connectivity index (χ4n) is 2.70. The maximum absolute atomic E-state index is 13.2. The van der Waals surface area contributed by atoms with E-state index in [-0.39, 0.29) is 29.3 Å². The zero-order chi connectivity index (χ0) is 17.2. The van der Waals surface area contributed by atoms with Crippen molar-refractivity contribution in [1.29, 1.82) is 0 Å². The average molecular weight is 348 g/mol. The van der Waals surface area contributed by atoms with E-state index >= 15 is 0 Å². The van der Waals surface area contributed by atoms with Gasteiger partial charge in [-0.15, -0.1) is 0 Å². The first-order valence-electron chi connectivity index (χ1n) is 7.62. The van der Waals surface area contributed by atoms with E-state index in [2.05, 4.69) is 10.3 Å². The van der Waals surface area contributed by atoms with Gasteiger partial charge >= 0.3 is 0 Å². The van der Waals surface area contributed by atoms with Crippen molar-refractivity contribution in [2.75, 3.05) is 11.5 Å². The predicted molar refractivity (Wildman–Crippen MR) is 88.0 cm³/mol. The number of aromatic nitrogens is 1. The van der Waals surface area contributed by atoms with Crippen LogP contribution in [0.2, 0.25) is 0 Å². The summed E-state index contributed by atoms with van der Waals surface area (Å²) in [6, 6.07) is 9.30. The van der Waals surface area contributed by atoms with Crippen molar-refractivity contribution in [3.8, 4) is 0 Å². The maximum atomic E-state index is 13.2. The number of sulfone groups is 1. The van der Waals surface area contributed by atoms with Crippen molar-refractivity contribution in [3.05, 3.63) is 65.2 Å². The molecule has 0 bridgehead atoms. The van der Waals surface area contributed by atoms with Crippen LogP contribution in [-0.4, -0.2) is 36.9 Å². The van der Waals surface area contributed by atoms with Crippen LogP contribution in [0, 0.1) is 5.82 Å². The van der Waals surface area contributed by atoms with E-state index in [9.17, 15) is 17.6 Å². The van der Waals surface area contributed by atoms with Crippen LogP contribution in [-0.2, 0) is 16.3 Å². The molecule has 1 saturated heterocycles. The Bertz CT molecular complexity index is 850. The van der Waals surface area contributed by atoms with Crippen molar-refractivity contribution in [1.82, 2.24) is 10.3 Å². The van der Waals surface area contributed by atoms with Gasteiger partial charge in [-0.05, 0) is 36.2 Å². The zero-order valence-corrected chi connectivity index (χ0v) is 13.7. The number of benzene rings is 1. The standard InChI is InChI=1S/C17H17FN2O3S/c18-14-3-1-2-12(8-14)9-15-5-4-13(10-19-15)17(21)20-16-6-7-24(22,23)11-16/h1-5,8,10,16H,6-7,9,11H2,(H,20,21)/t16-/m1/s1. The summed E-state index contributed by atoms with van der Waals surface area (Å²) in [6.45, 7) is 0. The van der Waals surface area contributed by atoms with Crippen molar-refractivity contribution >= 4 is 15.7 Å². The van der Waals surface area contributed by atoms with Crippen LogP contribution in [0.5, 0.6) is 0 Å². The van der Waals surface area contributed by atoms with Gasteiger partial charge in [0.25, 0.3) is 5.91 Å². The van der Waals surface area contributed by atoms with E-state index in [1.54, 1.807) is 18.2 Å². The van der Waals surface area contributed by atoms with Crippen molar-refractivity contribution < 1.29 is 17.6 Å². The van der Waals surface area contributed by atoms with Crippen LogP contribution >= 0.6 is 0 Å². The molecule has 1 aliphatic rings. The highest BCUT2D eigenvalue weighted by Crippen LogP contribution is 2.13. The number of hydrogen-bond donors (Lipinski definition) is 1. The molecule has 0 aliphatic carbocycles. The third-order valence-corrected chi connectivity index (χ3v) is 5.70. The number of hydrogen-bond acceptors (Lipinski definition) is 4. The molecule has 1 atom stereocenters. The second-order valence-corrected chi connectivity index (χ2v) is 8.15. The van der Waals surface area contributed by atoms with Crippen LogP contribution in [0.25, 0.3) is 0 Å². The molecule has 1 aromatic heterocycles. The van der Waals surface area contributed by atoms with Crippen LogP contribution in [0.15, 0.2) is 42.6 Å². The lowest BCUT2D eigenvalue weighted by molar-refractivity contribution is 0.0941. The minimum Gasteiger partial charge on any atom is -0.348 e. The smallest absolute Gasteiger partial charge is 0.253 e. The Balaban J connectivity index is 1.62. The minimum absolute atomic E-state index is 0.0101. The normalized spacial score (nSPS) is 19.1. The van der Waals surface area contributed by atoms with Crippen molar-refractivity contribution in [2.45, 2.75) is 18.9 Å². The maximum Gasteiger partial charge on any atom is 0.253 e. The van der Waals surface area contributed by atoms with Crippen LogP contribution < -0.4 is 5.32 Å². The Morgan fingerprint density at radius 1 is 1.29 bits per heavy atom. The lowest BCUT2D eigenvalue weighted by Gasteiger charge is -2.10. The SMILES string of the molecule is O=C(N[C@@H]1CCS(=O)(=O)C1)c1ccc(Cc2cccc(F)c2)nc1. The van der Waals surface area contributed by atoms with E-state index in [0.717, 1.165) is 11.3 Å². The summed E-state index contributed by atoms with van der Waals surface area (Å²) >= 11 is 0. The summed E-state index contributed by atoms with van der Waals surface area (Å²) in [5.41, 5.74) is 1.90. The first-order chi connectivity index (χ1) is 11.4. The molecule has 1 aliphatic heterocycles. The number of rotatable bonds is 4. The Kier molecular flexibility index (Phi) is 4.62. The summed E-state index contributed by atoms with van der Waals surface area (Å²) in [5.74, 6) is -0.524. The predicted octanol–water partition coefficient (Wildman–Crippen LogP) is 1.73. The summed E-state index contributed by atoms with van der Waals surface area (Å²) in [4.78, 5) is 16.4. The lowest BCUT2D eigenvalue weighted by Crippen LogP contribution is -2.35. The number of carbonyl (C=O) groups excluding carboxylic acids is 1. The second-order valence-electron chi connectivity index (χ2n) is 5.92. The Morgan fingerprint density at radius 2 is 2.12 bits per heavy atom. The second kappa shape index (κ2) is 6.68. The fraction of sp³-hybridized carbons (Fsp3) is 0.294. The lowest BCUT2D eigenvalue weighted by atomic mass is 10.1. The van der Waals surface area contributed by atoms with Gasteiger partial charge in [0.2, 0.25) is 0 Å². The minimum atomic E-state index is -3.03. The average Bonchev–Trinajstić information content (AvgIpc) is 2.87. The third kappa shape index (κ3) is 4.17. The fourth-order valence-corrected chi connectivity index (χ4v) is 4.37. The quantitative estimate of drug-likeness (QED) is 0.913. The van der Waals surface area contributed by atoms with Crippen LogP contribution in [0.4, 0.5) is 4.39 Å². The summed E-state index contributed by atoms with van der Waals surface area (Å²) in [6.07, 6.45) is 2.37. The number of halogens is 1. The van der Waals surface area contributed by atoms with Gasteiger partial charge in [-0.3, -0.25) is 9.78 Å². The Labute approximate surface area is 139 Å². The summed E-state index contributed by atoms with van der Waals surface area (Å²) < 4.78 is 36.0. The van der Waals surface area contributed by atoms with Gasteiger partial charge in [-0.25, -0.2) is 12.8 Å². The molecule has 0 spiro atoms. The summed E-state index contributed by atoms with van der Waals surface area (Å²) in [5, 5.41) is 2.72. The molecule has 1 aromatic carbocycles. The number of amides is 1. The van der Waals surface area contributed by atoms with Crippen molar-refractivity contribution in [2.24, 2.45) is 0 Å². The molecule has 7 heteroatoms. The molecule has 0 saturated carbocycles. The Morgan fingerprint density at radius 3 is 2.75 bits per heavy atom. The van der Waals surface area contributed by atoms with Gasteiger partial charge in [0.1, 0.15) is 5.82 Å². The monoisotopic (exact) mass is 348 g/mol. The van der Waals surface area contributed by atoms with Gasteiger partial charge in [0.15, 0.2) is 9.84 Å². The zero-order valence-electron chi connectivity index (χ0n) is 12.9. The molecule has 24 heavy (non-hydrogen) atoms. The van der Waals surface area contributed by atoms with E-state index in [0.29, 0.717) is 18.4 Å². The number of nitrogens with zero attached hydrogens (tertiary/aromatic N) is 1. The van der Waals surface area contributed by atoms with Gasteiger partial charge in [0, 0.05) is 24.4 Å². The highest BCUT2D eigenvalue weighted by atomic mass is 32.2. The number of pyridine rings is 1. The molecular weight excluding hydrogens is 331 g/mol. The molecule has 2 aromatic rings. The van der Waals surface area contributed by atoms with E-state index in [4.69, 9.17) is 0 Å². The molecule has 0 unspecified atom stereocenters. The molecule has 3 rings (SSSR count). The number of nitrogens with one attached hydrogen (secondary N) is 1. The van der Waals surface area contributed by atoms with Gasteiger partial charge in [-0.1, -0.05) is 12.1 Å². The molecule has 2 heterocycles. The molecule has 5 nitrogen and oxygen atoms in total. The van der Waals surface area contributed by atoms with Gasteiger partial charge < -0.3 is 5.32 Å². The van der Waals surface area contributed by atoms with E-state index in [1.807, 2.05) is 6.07 Å². The van der Waals surface area contributed by atoms with E-state index in [1.165, 1.54) is 18.3 Å². The molecular formula is C17H17FN2O3S. The topological polar surface area (TPSA) is 76.1 Å². The van der Waals surface area contributed by atoms with E-state index < -0.39 is 9.84 Å².